The summed E-state index contributed by atoms with van der Waals surface area (Å²) in [5.74, 6) is -0.847. The average molecular weight is 469 g/mol. The number of hydrogen-bond acceptors (Lipinski definition) is 4. The standard InChI is InChI=1S/C23H18F3N5O2.CH4/c24-23(25,26)16-3-1-2-13(10-16)11-19(20(27)32)31-22(33)15-4-5-17-18(12-15)30-21(29-17)14-6-8-28-9-7-14;/h1-10,12,19H,11H2,(H2,27,32)(H,29,30)(H,31,33);1H4/t19-;/m1./s1. The third-order valence-electron chi connectivity index (χ3n) is 5.04. The van der Waals surface area contributed by atoms with Crippen molar-refractivity contribution in [3.63, 3.8) is 0 Å². The van der Waals surface area contributed by atoms with Crippen LogP contribution >= 0.6 is 0 Å². The van der Waals surface area contributed by atoms with Gasteiger partial charge in [-0.05, 0) is 42.0 Å². The van der Waals surface area contributed by atoms with Crippen LogP contribution in [0.3, 0.4) is 0 Å². The van der Waals surface area contributed by atoms with Crippen molar-refractivity contribution in [3.8, 4) is 11.4 Å². The summed E-state index contributed by atoms with van der Waals surface area (Å²) >= 11 is 0. The summed E-state index contributed by atoms with van der Waals surface area (Å²) in [6, 6.07) is 11.7. The smallest absolute Gasteiger partial charge is 0.368 e. The molecule has 1 atom stereocenters. The Labute approximate surface area is 193 Å². The second kappa shape index (κ2) is 9.74. The Morgan fingerprint density at radius 2 is 1.79 bits per heavy atom. The van der Waals surface area contributed by atoms with Crippen LogP contribution in [0, 0.1) is 0 Å². The molecule has 2 heterocycles. The van der Waals surface area contributed by atoms with Crippen molar-refractivity contribution in [2.45, 2.75) is 26.1 Å². The zero-order valence-corrected chi connectivity index (χ0v) is 17.1. The van der Waals surface area contributed by atoms with E-state index in [2.05, 4.69) is 20.3 Å². The Kier molecular flexibility index (Phi) is 7.00. The first-order valence-corrected chi connectivity index (χ1v) is 9.87. The fourth-order valence-corrected chi connectivity index (χ4v) is 3.37. The van der Waals surface area contributed by atoms with Crippen LogP contribution in [0.2, 0.25) is 0 Å². The number of halogens is 3. The molecule has 10 heteroatoms. The molecule has 0 bridgehead atoms. The number of nitrogens with one attached hydrogen (secondary N) is 2. The molecule has 4 rings (SSSR count). The molecule has 0 aliphatic carbocycles. The summed E-state index contributed by atoms with van der Waals surface area (Å²) in [6.07, 6.45) is -1.43. The Bertz CT molecular complexity index is 1320. The minimum atomic E-state index is -4.52. The molecule has 34 heavy (non-hydrogen) atoms. The number of aromatic amines is 1. The van der Waals surface area contributed by atoms with Crippen molar-refractivity contribution in [2.24, 2.45) is 5.73 Å². The van der Waals surface area contributed by atoms with E-state index in [4.69, 9.17) is 5.73 Å². The van der Waals surface area contributed by atoms with Crippen LogP contribution in [0.4, 0.5) is 13.2 Å². The van der Waals surface area contributed by atoms with Gasteiger partial charge in [-0.25, -0.2) is 4.98 Å². The Morgan fingerprint density at radius 1 is 1.06 bits per heavy atom. The fraction of sp³-hybridized carbons (Fsp3) is 0.167. The number of benzene rings is 2. The number of pyridine rings is 1. The lowest BCUT2D eigenvalue weighted by Crippen LogP contribution is -2.45. The number of imidazole rings is 1. The van der Waals surface area contributed by atoms with Gasteiger partial charge in [0.05, 0.1) is 16.6 Å². The van der Waals surface area contributed by atoms with Crippen LogP contribution in [-0.2, 0) is 17.4 Å². The first-order chi connectivity index (χ1) is 15.7. The van der Waals surface area contributed by atoms with Crippen LogP contribution in [0.15, 0.2) is 67.0 Å². The quantitative estimate of drug-likeness (QED) is 0.394. The van der Waals surface area contributed by atoms with E-state index < -0.39 is 29.6 Å². The lowest BCUT2D eigenvalue weighted by molar-refractivity contribution is -0.137. The van der Waals surface area contributed by atoms with Crippen LogP contribution in [-0.4, -0.2) is 32.8 Å². The number of amides is 2. The van der Waals surface area contributed by atoms with Crippen molar-refractivity contribution in [1.82, 2.24) is 20.3 Å². The third-order valence-corrected chi connectivity index (χ3v) is 5.04. The Balaban J connectivity index is 0.00000324. The number of hydrogen-bond donors (Lipinski definition) is 3. The highest BCUT2D eigenvalue weighted by Crippen LogP contribution is 2.29. The van der Waals surface area contributed by atoms with Gasteiger partial charge in [-0.2, -0.15) is 13.2 Å². The summed E-state index contributed by atoms with van der Waals surface area (Å²) in [7, 11) is 0. The lowest BCUT2D eigenvalue weighted by atomic mass is 10.0. The summed E-state index contributed by atoms with van der Waals surface area (Å²) in [5, 5.41) is 2.51. The van der Waals surface area contributed by atoms with Gasteiger partial charge in [-0.3, -0.25) is 14.6 Å². The largest absolute Gasteiger partial charge is 0.416 e. The zero-order chi connectivity index (χ0) is 23.6. The maximum Gasteiger partial charge on any atom is 0.416 e. The topological polar surface area (TPSA) is 114 Å². The number of fused-ring (bicyclic) bond motifs is 1. The minimum absolute atomic E-state index is 0. The Morgan fingerprint density at radius 3 is 2.47 bits per heavy atom. The summed E-state index contributed by atoms with van der Waals surface area (Å²) in [6.45, 7) is 0. The van der Waals surface area contributed by atoms with Crippen molar-refractivity contribution < 1.29 is 22.8 Å². The molecule has 2 aromatic carbocycles. The molecule has 0 fully saturated rings. The number of alkyl halides is 3. The number of primary amides is 1. The number of carbonyl (C=O) groups is 2. The van der Waals surface area contributed by atoms with Gasteiger partial charge in [0.15, 0.2) is 0 Å². The van der Waals surface area contributed by atoms with E-state index in [0.717, 1.165) is 17.7 Å². The number of rotatable bonds is 6. The van der Waals surface area contributed by atoms with Gasteiger partial charge in [0.1, 0.15) is 11.9 Å². The average Bonchev–Trinajstić information content (AvgIpc) is 3.22. The van der Waals surface area contributed by atoms with E-state index in [0.29, 0.717) is 16.9 Å². The number of H-pyrrole nitrogens is 1. The number of nitrogens with zero attached hydrogens (tertiary/aromatic N) is 2. The van der Waals surface area contributed by atoms with Gasteiger partial charge in [0.25, 0.3) is 5.91 Å². The maximum atomic E-state index is 13.0. The van der Waals surface area contributed by atoms with E-state index in [-0.39, 0.29) is 25.0 Å². The molecule has 7 nitrogen and oxygen atoms in total. The normalized spacial score (nSPS) is 12.1. The van der Waals surface area contributed by atoms with Crippen molar-refractivity contribution in [3.05, 3.63) is 83.7 Å². The maximum absolute atomic E-state index is 13.0. The molecule has 0 unspecified atom stereocenters. The van der Waals surface area contributed by atoms with Gasteiger partial charge in [0, 0.05) is 29.9 Å². The zero-order valence-electron chi connectivity index (χ0n) is 17.1. The predicted molar refractivity (Wildman–Crippen MR) is 122 cm³/mol. The molecule has 0 saturated carbocycles. The van der Waals surface area contributed by atoms with Crippen molar-refractivity contribution in [2.75, 3.05) is 0 Å². The monoisotopic (exact) mass is 469 g/mol. The summed E-state index contributed by atoms with van der Waals surface area (Å²) in [5.41, 5.74) is 7.07. The second-order valence-electron chi connectivity index (χ2n) is 7.38. The van der Waals surface area contributed by atoms with Crippen LogP contribution < -0.4 is 11.1 Å². The van der Waals surface area contributed by atoms with E-state index >= 15 is 0 Å². The lowest BCUT2D eigenvalue weighted by Gasteiger charge is -2.16. The van der Waals surface area contributed by atoms with Gasteiger partial charge >= 0.3 is 6.18 Å². The summed E-state index contributed by atoms with van der Waals surface area (Å²) in [4.78, 5) is 36.2. The SMILES string of the molecule is C.NC(=O)[C@@H](Cc1cccc(C(F)(F)F)c1)NC(=O)c1ccc2nc(-c3ccncc3)[nH]c2c1. The second-order valence-corrected chi connectivity index (χ2v) is 7.38. The number of nitrogens with two attached hydrogens (primary N) is 1. The molecule has 0 spiro atoms. The highest BCUT2D eigenvalue weighted by atomic mass is 19.4. The van der Waals surface area contributed by atoms with Crippen LogP contribution in [0.1, 0.15) is 28.9 Å². The van der Waals surface area contributed by atoms with Crippen molar-refractivity contribution in [1.29, 1.82) is 0 Å². The molecular weight excluding hydrogens is 447 g/mol. The van der Waals surface area contributed by atoms with Gasteiger partial charge in [0.2, 0.25) is 5.91 Å². The predicted octanol–water partition coefficient (Wildman–Crippen LogP) is 4.11. The number of aromatic nitrogens is 3. The highest BCUT2D eigenvalue weighted by molar-refractivity contribution is 6.00. The van der Waals surface area contributed by atoms with Gasteiger partial charge in [-0.15, -0.1) is 0 Å². The first kappa shape index (κ1) is 24.4. The molecule has 0 saturated heterocycles. The molecule has 176 valence electrons. The molecule has 4 N–H and O–H groups in total. The van der Waals surface area contributed by atoms with Gasteiger partial charge < -0.3 is 16.0 Å². The Hall–Kier alpha value is -4.21. The van der Waals surface area contributed by atoms with E-state index in [1.54, 1.807) is 36.7 Å². The van der Waals surface area contributed by atoms with Gasteiger partial charge in [-0.1, -0.05) is 25.6 Å². The summed E-state index contributed by atoms with van der Waals surface area (Å²) < 4.78 is 38.9. The first-order valence-electron chi connectivity index (χ1n) is 9.87. The van der Waals surface area contributed by atoms with E-state index in [9.17, 15) is 22.8 Å². The molecule has 0 aliphatic rings. The molecular formula is C24H22F3N5O2. The van der Waals surface area contributed by atoms with E-state index in [1.807, 2.05) is 0 Å². The van der Waals surface area contributed by atoms with Crippen LogP contribution in [0.5, 0.6) is 0 Å². The molecule has 4 aromatic rings. The minimum Gasteiger partial charge on any atom is -0.368 e. The molecule has 0 aliphatic heterocycles. The molecule has 2 amide bonds. The van der Waals surface area contributed by atoms with E-state index in [1.165, 1.54) is 18.2 Å². The van der Waals surface area contributed by atoms with Crippen LogP contribution in [0.25, 0.3) is 22.4 Å². The number of carbonyl (C=O) groups excluding carboxylic acids is 2. The molecule has 2 aromatic heterocycles. The third kappa shape index (κ3) is 5.40. The van der Waals surface area contributed by atoms with Crippen molar-refractivity contribution >= 4 is 22.8 Å². The molecule has 0 radical (unpaired) electrons. The highest BCUT2D eigenvalue weighted by Gasteiger charge is 2.31. The fourth-order valence-electron chi connectivity index (χ4n) is 3.37.